The number of fused-ring (bicyclic) bond motifs is 3. The van der Waals surface area contributed by atoms with E-state index in [1.807, 2.05) is 0 Å². The second-order valence-corrected chi connectivity index (χ2v) is 18.3. The fourth-order valence-corrected chi connectivity index (χ4v) is 7.07. The lowest BCUT2D eigenvalue weighted by atomic mass is 10.1. The number of halogens is 1. The van der Waals surface area contributed by atoms with E-state index in [-0.39, 0.29) is 137 Å². The van der Waals surface area contributed by atoms with E-state index in [1.54, 1.807) is 18.3 Å². The van der Waals surface area contributed by atoms with Crippen molar-refractivity contribution in [3.05, 3.63) is 95.3 Å². The summed E-state index contributed by atoms with van der Waals surface area (Å²) in [6.45, 7) is 0.0985. The molecule has 30 N–H and O–H groups in total. The summed E-state index contributed by atoms with van der Waals surface area (Å²) in [4.78, 5) is 122. The van der Waals surface area contributed by atoms with Gasteiger partial charge >= 0.3 is 23.9 Å². The zero-order valence-electron chi connectivity index (χ0n) is 46.1. The van der Waals surface area contributed by atoms with Crippen LogP contribution in [0.3, 0.4) is 0 Å². The molecule has 7 aromatic heterocycles. The molecule has 0 radical (unpaired) electrons. The Morgan fingerprint density at radius 2 is 0.774 bits per heavy atom. The predicted molar refractivity (Wildman–Crippen MR) is 353 cm³/mol. The van der Waals surface area contributed by atoms with Crippen molar-refractivity contribution < 1.29 is 54.3 Å². The molecule has 0 saturated heterocycles. The van der Waals surface area contributed by atoms with Gasteiger partial charge in [0.25, 0.3) is 11.8 Å². The third-order valence-electron chi connectivity index (χ3n) is 11.1. The molecule has 0 aliphatic heterocycles. The molecule has 7 heterocycles. The molecule has 2 amide bonds. The molecule has 0 fully saturated rings. The fraction of sp³-hybridized carbons (Fsp3) is 0.245. The third kappa shape index (κ3) is 23.9. The number of carboxylic acids is 4. The highest BCUT2D eigenvalue weighted by atomic mass is 79.9. The molecule has 9 rings (SSSR count). The largest absolute Gasteiger partial charge is 0.481 e. The van der Waals surface area contributed by atoms with Crippen LogP contribution in [0, 0.1) is 0 Å². The standard InChI is InChI=1S/C19H20N8O5.C12H14N2O5.C7H7BrN6.C7H8N6O.C4H8N6.4CH4/c20-15-14-16(27-19(21)26-15)23-8-11(24-14)7-22-10-3-1-9(2-4-10)17(30)25-12(18(31)32)5-6-13(28)29;13-8-3-1-7(2-4-8)11(17)14-9(12(18)19)5-6-10(15)16;8-1-3-2-11-6-4(12-3)5(9)13-7(10)14-6;8-5-4-6(13-7(9)12-5)10-1-3(2-14)11-4;5-1-2(6)9-4(8)10-3(1)7;;;;/h1-4,8,12,22H,5-7H2,(H,25,30)(H,28,29)(H,31,32)(H4,20,21,23,26,27);1-4,9H,5-6,13H2,(H,14,17)(H,15,16)(H,18,19);2H,1H2,(H4,9,10,11,13,14);1,14H,2H2,(H4,8,9,10,12,13);5H2,(H6,6,7,8,9,10);4*1H4. The van der Waals surface area contributed by atoms with Crippen LogP contribution in [0.5, 0.6) is 0 Å². The summed E-state index contributed by atoms with van der Waals surface area (Å²) < 4.78 is 0. The van der Waals surface area contributed by atoms with E-state index in [0.29, 0.717) is 62.5 Å². The number of carbonyl (C=O) groups excluding carboxylic acids is 2. The second kappa shape index (κ2) is 36.8. The highest BCUT2D eigenvalue weighted by Crippen LogP contribution is 2.20. The molecule has 0 aliphatic rings. The first-order valence-electron chi connectivity index (χ1n) is 25.1. The molecule has 40 heteroatoms. The highest BCUT2D eigenvalue weighted by Gasteiger charge is 2.23. The molecule has 39 nitrogen and oxygen atoms in total. The lowest BCUT2D eigenvalue weighted by molar-refractivity contribution is -0.142. The number of hydrogen-bond donors (Lipinski definition) is 19. The van der Waals surface area contributed by atoms with Crippen LogP contribution in [0.25, 0.3) is 33.5 Å². The zero-order valence-corrected chi connectivity index (χ0v) is 47.7. The van der Waals surface area contributed by atoms with Crippen LogP contribution in [-0.2, 0) is 37.7 Å². The van der Waals surface area contributed by atoms with E-state index >= 15 is 0 Å². The van der Waals surface area contributed by atoms with Gasteiger partial charge in [0.1, 0.15) is 17.8 Å². The number of hydrogen-bond acceptors (Lipinski definition) is 33. The number of rotatable bonds is 17. The van der Waals surface area contributed by atoms with Crippen molar-refractivity contribution in [1.29, 1.82) is 0 Å². The number of anilines is 12. The summed E-state index contributed by atoms with van der Waals surface area (Å²) in [5.74, 6) is -5.06. The Morgan fingerprint density at radius 3 is 1.14 bits per heavy atom. The van der Waals surface area contributed by atoms with Crippen molar-refractivity contribution in [2.24, 2.45) is 0 Å². The number of nitrogen functional groups attached to an aromatic ring is 11. The SMILES string of the molecule is C.C.C.C.Nc1ccc(C(=O)NC(CCC(=O)O)C(=O)O)cc1.Nc1nc(N)c(N)c(N)n1.Nc1nc(N)c2nc(CBr)cnc2n1.Nc1nc(N)c2nc(CNc3ccc(C(=O)NC(CCC(=O)O)C(=O)O)cc3)cnc2n1.Nc1nc(N)c2nc(CO)cnc2n1. The summed E-state index contributed by atoms with van der Waals surface area (Å²) in [6, 6.07) is 9.70. The maximum Gasteiger partial charge on any atom is 0.326 e. The Bertz CT molecular complexity index is 3920. The maximum atomic E-state index is 12.3. The summed E-state index contributed by atoms with van der Waals surface area (Å²) in [7, 11) is 0. The van der Waals surface area contributed by atoms with Crippen molar-refractivity contribution in [2.75, 3.05) is 68.4 Å². The van der Waals surface area contributed by atoms with E-state index in [2.05, 4.69) is 102 Å². The molecule has 0 bridgehead atoms. The molecule has 93 heavy (non-hydrogen) atoms. The number of nitrogens with one attached hydrogen (secondary N) is 3. The van der Waals surface area contributed by atoms with Gasteiger partial charge in [0.05, 0.1) is 48.8 Å². The Labute approximate surface area is 537 Å². The lowest BCUT2D eigenvalue weighted by Gasteiger charge is -2.14. The molecule has 0 saturated carbocycles. The normalized spacial score (nSPS) is 10.6. The Balaban J connectivity index is 0.000000611. The quantitative estimate of drug-likeness (QED) is 0.0453. The minimum Gasteiger partial charge on any atom is -0.481 e. The number of nitrogens with zero attached hydrogens (tertiary/aromatic N) is 14. The van der Waals surface area contributed by atoms with E-state index in [0.717, 1.165) is 5.69 Å². The number of carboxylic acid groups (broad SMARTS) is 4. The van der Waals surface area contributed by atoms with E-state index < -0.39 is 47.8 Å². The van der Waals surface area contributed by atoms with Gasteiger partial charge in [-0.25, -0.2) is 39.5 Å². The number of carbonyl (C=O) groups is 6. The predicted octanol–water partition coefficient (Wildman–Crippen LogP) is 1.47. The topological polar surface area (TPSA) is 706 Å². The zero-order chi connectivity index (χ0) is 65.6. The number of alkyl halides is 1. The number of aromatic nitrogens is 14. The number of nitrogens with two attached hydrogens (primary N) is 11. The number of aliphatic hydroxyl groups excluding tert-OH is 1. The molecule has 0 spiro atoms. The van der Waals surface area contributed by atoms with Crippen molar-refractivity contribution in [3.63, 3.8) is 0 Å². The van der Waals surface area contributed by atoms with E-state index in [9.17, 15) is 28.8 Å². The number of benzene rings is 2. The maximum absolute atomic E-state index is 12.3. The first kappa shape index (κ1) is 78.7. The minimum absolute atomic E-state index is 0. The van der Waals surface area contributed by atoms with Gasteiger partial charge in [0.15, 0.2) is 62.6 Å². The van der Waals surface area contributed by atoms with E-state index in [4.69, 9.17) is 88.6 Å². The molecular weight excluding hydrogens is 1280 g/mol. The van der Waals surface area contributed by atoms with Gasteiger partial charge in [0, 0.05) is 40.7 Å². The summed E-state index contributed by atoms with van der Waals surface area (Å²) in [5.41, 5.74) is 65.7. The molecule has 2 atom stereocenters. The van der Waals surface area contributed by atoms with Gasteiger partial charge in [-0.2, -0.15) is 39.9 Å². The number of amides is 2. The summed E-state index contributed by atoms with van der Waals surface area (Å²) >= 11 is 3.27. The van der Waals surface area contributed by atoms with Gasteiger partial charge in [-0.3, -0.25) is 19.2 Å². The Kier molecular flexibility index (Phi) is 31.1. The molecule has 2 aromatic carbocycles. The van der Waals surface area contributed by atoms with Crippen LogP contribution in [0.2, 0.25) is 0 Å². The van der Waals surface area contributed by atoms with Crippen LogP contribution in [-0.4, -0.2) is 143 Å². The van der Waals surface area contributed by atoms with Gasteiger partial charge in [-0.15, -0.1) is 0 Å². The van der Waals surface area contributed by atoms with Crippen molar-refractivity contribution >= 4 is 155 Å². The average Bonchev–Trinajstić information content (AvgIpc) is 1.00. The molecular formula is C53H73BrN28O11. The first-order chi connectivity index (χ1) is 42.1. The highest BCUT2D eigenvalue weighted by molar-refractivity contribution is 9.08. The monoisotopic (exact) mass is 1360 g/mol. The van der Waals surface area contributed by atoms with Crippen LogP contribution in [0.4, 0.5) is 69.9 Å². The Hall–Kier alpha value is -12.4. The van der Waals surface area contributed by atoms with Crippen molar-refractivity contribution in [2.45, 2.75) is 86.0 Å². The van der Waals surface area contributed by atoms with E-state index in [1.165, 1.54) is 48.8 Å². The Morgan fingerprint density at radius 1 is 0.441 bits per heavy atom. The molecule has 498 valence electrons. The van der Waals surface area contributed by atoms with Crippen LogP contribution >= 0.6 is 15.9 Å². The summed E-state index contributed by atoms with van der Waals surface area (Å²) in [5, 5.41) is 52.4. The van der Waals surface area contributed by atoms with Crippen LogP contribution in [0.1, 0.15) is 93.2 Å². The number of aliphatic carboxylic acids is 4. The minimum atomic E-state index is -1.30. The number of aliphatic hydroxyl groups is 1. The average molecular weight is 1360 g/mol. The summed E-state index contributed by atoms with van der Waals surface area (Å²) in [6.07, 6.45) is 3.45. The first-order valence-corrected chi connectivity index (χ1v) is 26.2. The molecule has 0 aliphatic carbocycles. The van der Waals surface area contributed by atoms with Gasteiger partial charge < -0.3 is 105 Å². The lowest BCUT2D eigenvalue weighted by Crippen LogP contribution is -2.41. The van der Waals surface area contributed by atoms with Gasteiger partial charge in [0.2, 0.25) is 23.8 Å². The smallest absolute Gasteiger partial charge is 0.326 e. The van der Waals surface area contributed by atoms with Crippen LogP contribution in [0.15, 0.2) is 67.1 Å². The van der Waals surface area contributed by atoms with Crippen molar-refractivity contribution in [3.8, 4) is 0 Å². The van der Waals surface area contributed by atoms with Crippen molar-refractivity contribution in [1.82, 2.24) is 80.4 Å². The molecule has 9 aromatic rings. The van der Waals surface area contributed by atoms with Gasteiger partial charge in [-0.05, 0) is 61.4 Å². The van der Waals surface area contributed by atoms with Gasteiger partial charge in [-0.1, -0.05) is 45.6 Å². The molecule has 2 unspecified atom stereocenters. The second-order valence-electron chi connectivity index (χ2n) is 17.7. The third-order valence-corrected chi connectivity index (χ3v) is 11.7. The van der Waals surface area contributed by atoms with Crippen LogP contribution < -0.4 is 79.0 Å². The fourth-order valence-electron chi connectivity index (χ4n) is 6.80.